The van der Waals surface area contributed by atoms with E-state index in [1.54, 1.807) is 49.9 Å². The molecule has 0 aliphatic carbocycles. The van der Waals surface area contributed by atoms with Gasteiger partial charge in [-0.25, -0.2) is 14.4 Å². The zero-order valence-electron chi connectivity index (χ0n) is 15.7. The maximum absolute atomic E-state index is 14.4. The van der Waals surface area contributed by atoms with Crippen molar-refractivity contribution in [2.24, 2.45) is 10.7 Å². The average molecular weight is 383 g/mol. The summed E-state index contributed by atoms with van der Waals surface area (Å²) in [4.78, 5) is 17.6. The standard InChI is InChI=1S/C23H18FN5/c1-26-21(8-9-25)16-11-15(13-27-14-16)19-12-22(18-5-2-3-7-20(18)24)29-23-17(19)6-4-10-28-23/h2-14H,25H2,1H3. The summed E-state index contributed by atoms with van der Waals surface area (Å²) in [6, 6.07) is 14.2. The summed E-state index contributed by atoms with van der Waals surface area (Å²) in [6.07, 6.45) is 8.32. The number of nitrogens with zero attached hydrogens (tertiary/aromatic N) is 4. The summed E-state index contributed by atoms with van der Waals surface area (Å²) in [5, 5.41) is 0.857. The zero-order valence-corrected chi connectivity index (χ0v) is 15.7. The lowest BCUT2D eigenvalue weighted by atomic mass is 9.99. The Morgan fingerprint density at radius 1 is 1.07 bits per heavy atom. The highest BCUT2D eigenvalue weighted by Crippen LogP contribution is 2.32. The van der Waals surface area contributed by atoms with Gasteiger partial charge in [0.25, 0.3) is 0 Å². The van der Waals surface area contributed by atoms with Crippen molar-refractivity contribution in [2.45, 2.75) is 0 Å². The van der Waals surface area contributed by atoms with Crippen LogP contribution in [0.3, 0.4) is 0 Å². The third-order valence-corrected chi connectivity index (χ3v) is 4.57. The van der Waals surface area contributed by atoms with Gasteiger partial charge in [-0.15, -0.1) is 0 Å². The molecule has 6 heteroatoms. The molecule has 0 aliphatic rings. The molecule has 0 amide bonds. The van der Waals surface area contributed by atoms with Crippen molar-refractivity contribution >= 4 is 16.7 Å². The molecule has 142 valence electrons. The maximum atomic E-state index is 14.4. The second-order valence-electron chi connectivity index (χ2n) is 6.34. The molecule has 0 bridgehead atoms. The van der Waals surface area contributed by atoms with Crippen LogP contribution < -0.4 is 5.73 Å². The van der Waals surface area contributed by atoms with Crippen molar-refractivity contribution in [1.82, 2.24) is 15.0 Å². The van der Waals surface area contributed by atoms with E-state index in [0.29, 0.717) is 22.6 Å². The van der Waals surface area contributed by atoms with Crippen LogP contribution in [-0.2, 0) is 0 Å². The number of hydrogen-bond donors (Lipinski definition) is 1. The number of allylic oxidation sites excluding steroid dienone is 1. The number of halogens is 1. The number of benzene rings is 1. The molecule has 0 saturated carbocycles. The van der Waals surface area contributed by atoms with Gasteiger partial charge in [-0.05, 0) is 54.2 Å². The van der Waals surface area contributed by atoms with Crippen molar-refractivity contribution in [3.8, 4) is 22.4 Å². The first-order valence-electron chi connectivity index (χ1n) is 9.03. The van der Waals surface area contributed by atoms with Crippen LogP contribution in [0.1, 0.15) is 5.56 Å². The molecule has 0 fully saturated rings. The highest BCUT2D eigenvalue weighted by Gasteiger charge is 2.13. The second kappa shape index (κ2) is 7.98. The van der Waals surface area contributed by atoms with E-state index in [9.17, 15) is 4.39 Å². The Morgan fingerprint density at radius 3 is 2.72 bits per heavy atom. The molecule has 2 N–H and O–H groups in total. The minimum Gasteiger partial charge on any atom is -0.405 e. The monoisotopic (exact) mass is 383 g/mol. The fraction of sp³-hybridized carbons (Fsp3) is 0.0435. The summed E-state index contributed by atoms with van der Waals surface area (Å²) < 4.78 is 14.4. The van der Waals surface area contributed by atoms with Crippen molar-refractivity contribution in [2.75, 3.05) is 7.05 Å². The van der Waals surface area contributed by atoms with Gasteiger partial charge >= 0.3 is 0 Å². The predicted molar refractivity (Wildman–Crippen MR) is 114 cm³/mol. The van der Waals surface area contributed by atoms with Crippen LogP contribution in [0.5, 0.6) is 0 Å². The third-order valence-electron chi connectivity index (χ3n) is 4.57. The highest BCUT2D eigenvalue weighted by molar-refractivity contribution is 6.09. The first-order chi connectivity index (χ1) is 14.2. The predicted octanol–water partition coefficient (Wildman–Crippen LogP) is 4.39. The van der Waals surface area contributed by atoms with Crippen LogP contribution in [0.4, 0.5) is 4.39 Å². The molecule has 0 aliphatic heterocycles. The number of aliphatic imine (C=N–C) groups is 1. The minimum atomic E-state index is -0.332. The fourth-order valence-electron chi connectivity index (χ4n) is 3.22. The molecule has 4 rings (SSSR count). The average Bonchev–Trinajstić information content (AvgIpc) is 2.77. The molecule has 0 radical (unpaired) electrons. The van der Waals surface area contributed by atoms with Gasteiger partial charge in [-0.3, -0.25) is 9.98 Å². The summed E-state index contributed by atoms with van der Waals surface area (Å²) >= 11 is 0. The fourth-order valence-corrected chi connectivity index (χ4v) is 3.22. The lowest BCUT2D eigenvalue weighted by Gasteiger charge is -2.11. The number of hydrogen-bond acceptors (Lipinski definition) is 5. The summed E-state index contributed by atoms with van der Waals surface area (Å²) in [5.74, 6) is -0.332. The molecule has 3 heterocycles. The molecule has 4 aromatic rings. The molecular formula is C23H18FN5. The van der Waals surface area contributed by atoms with Crippen molar-refractivity contribution in [3.05, 3.63) is 90.8 Å². The molecule has 3 aromatic heterocycles. The van der Waals surface area contributed by atoms with Gasteiger partial charge in [0.05, 0.1) is 11.4 Å². The maximum Gasteiger partial charge on any atom is 0.160 e. The molecule has 29 heavy (non-hydrogen) atoms. The van der Waals surface area contributed by atoms with Gasteiger partial charge < -0.3 is 5.73 Å². The van der Waals surface area contributed by atoms with Crippen LogP contribution in [-0.4, -0.2) is 27.7 Å². The smallest absolute Gasteiger partial charge is 0.160 e. The van der Waals surface area contributed by atoms with Gasteiger partial charge in [0, 0.05) is 47.7 Å². The second-order valence-corrected chi connectivity index (χ2v) is 6.34. The number of fused-ring (bicyclic) bond motifs is 1. The van der Waals surface area contributed by atoms with Gasteiger partial charge in [0.15, 0.2) is 5.65 Å². The number of nitrogens with two attached hydrogens (primary N) is 1. The van der Waals surface area contributed by atoms with Crippen molar-refractivity contribution in [1.29, 1.82) is 0 Å². The van der Waals surface area contributed by atoms with Crippen molar-refractivity contribution in [3.63, 3.8) is 0 Å². The van der Waals surface area contributed by atoms with Crippen molar-refractivity contribution < 1.29 is 4.39 Å². The van der Waals surface area contributed by atoms with Gasteiger partial charge in [0.1, 0.15) is 5.82 Å². The Hall–Kier alpha value is -3.93. The van der Waals surface area contributed by atoms with E-state index in [1.165, 1.54) is 12.3 Å². The Bertz CT molecular complexity index is 1250. The van der Waals surface area contributed by atoms with Gasteiger partial charge in [-0.2, -0.15) is 0 Å². The largest absolute Gasteiger partial charge is 0.405 e. The first-order valence-corrected chi connectivity index (χ1v) is 9.03. The summed E-state index contributed by atoms with van der Waals surface area (Å²) in [7, 11) is 1.70. The van der Waals surface area contributed by atoms with E-state index < -0.39 is 0 Å². The van der Waals surface area contributed by atoms with E-state index in [4.69, 9.17) is 5.73 Å². The van der Waals surface area contributed by atoms with Crippen LogP contribution in [0.25, 0.3) is 33.4 Å². The molecule has 0 unspecified atom stereocenters. The highest BCUT2D eigenvalue weighted by atomic mass is 19.1. The number of rotatable bonds is 4. The molecule has 0 saturated heterocycles. The lowest BCUT2D eigenvalue weighted by Crippen LogP contribution is -2.00. The van der Waals surface area contributed by atoms with Gasteiger partial charge in [-0.1, -0.05) is 12.1 Å². The molecule has 0 spiro atoms. The van der Waals surface area contributed by atoms with E-state index in [2.05, 4.69) is 19.9 Å². The van der Waals surface area contributed by atoms with Crippen LogP contribution >= 0.6 is 0 Å². The molecule has 1 aromatic carbocycles. The minimum absolute atomic E-state index is 0.332. The Morgan fingerprint density at radius 2 is 1.93 bits per heavy atom. The topological polar surface area (TPSA) is 77.0 Å². The molecule has 0 atom stereocenters. The first kappa shape index (κ1) is 18.4. The Balaban J connectivity index is 1.96. The van der Waals surface area contributed by atoms with Crippen LogP contribution in [0.15, 0.2) is 84.4 Å². The van der Waals surface area contributed by atoms with E-state index in [0.717, 1.165) is 22.1 Å². The van der Waals surface area contributed by atoms with E-state index in [-0.39, 0.29) is 5.82 Å². The lowest BCUT2D eigenvalue weighted by molar-refractivity contribution is 0.631. The normalized spacial score (nSPS) is 12.0. The third kappa shape index (κ3) is 3.60. The molecular weight excluding hydrogens is 365 g/mol. The number of aromatic nitrogens is 3. The number of pyridine rings is 3. The van der Waals surface area contributed by atoms with Gasteiger partial charge in [0.2, 0.25) is 0 Å². The van der Waals surface area contributed by atoms with E-state index >= 15 is 0 Å². The summed E-state index contributed by atoms with van der Waals surface area (Å²) in [5.41, 5.74) is 10.3. The van der Waals surface area contributed by atoms with Crippen LogP contribution in [0, 0.1) is 5.82 Å². The Kier molecular flexibility index (Phi) is 5.07. The zero-order chi connectivity index (χ0) is 20.2. The van der Waals surface area contributed by atoms with Crippen LogP contribution in [0.2, 0.25) is 0 Å². The van der Waals surface area contributed by atoms with E-state index in [1.807, 2.05) is 24.3 Å². The quantitative estimate of drug-likeness (QED) is 0.530. The SMILES string of the molecule is CN=C(C=CN)c1cncc(-c2cc(-c3ccccc3F)nc3ncccc23)c1. The molecule has 5 nitrogen and oxygen atoms in total. The summed E-state index contributed by atoms with van der Waals surface area (Å²) in [6.45, 7) is 0. The Labute approximate surface area is 167 Å².